The van der Waals surface area contributed by atoms with Gasteiger partial charge in [0.15, 0.2) is 11.0 Å². The number of carbonyl (C=O) groups is 1. The number of nitrogens with zero attached hydrogens (tertiary/aromatic N) is 3. The molecule has 6 nitrogen and oxygen atoms in total. The topological polar surface area (TPSA) is 67.3 Å². The first-order valence-electron chi connectivity index (χ1n) is 8.79. The summed E-state index contributed by atoms with van der Waals surface area (Å²) in [5, 5.41) is 3.62. The molecule has 0 aliphatic carbocycles. The molecule has 26 heavy (non-hydrogen) atoms. The fourth-order valence-corrected chi connectivity index (χ4v) is 3.09. The van der Waals surface area contributed by atoms with E-state index in [1.54, 1.807) is 17.3 Å². The van der Waals surface area contributed by atoms with E-state index < -0.39 is 0 Å². The number of ether oxygens (including phenoxy) is 1. The molecule has 1 amide bonds. The molecule has 0 radical (unpaired) electrons. The quantitative estimate of drug-likeness (QED) is 0.859. The summed E-state index contributed by atoms with van der Waals surface area (Å²) >= 11 is 6.00. The third-order valence-electron chi connectivity index (χ3n) is 4.57. The SMILES string of the molecule is Cc1ccc(COC(=O)N2CCC(CNc3nccnc3Cl)CC2)cc1. The lowest BCUT2D eigenvalue weighted by atomic mass is 9.97. The number of amides is 1. The molecule has 1 N–H and O–H groups in total. The summed E-state index contributed by atoms with van der Waals surface area (Å²) in [5.41, 5.74) is 2.20. The van der Waals surface area contributed by atoms with E-state index in [0.29, 0.717) is 36.6 Å². The van der Waals surface area contributed by atoms with Gasteiger partial charge >= 0.3 is 6.09 Å². The fourth-order valence-electron chi connectivity index (χ4n) is 2.92. The predicted octanol–water partition coefficient (Wildman–Crippen LogP) is 3.90. The molecule has 1 aromatic carbocycles. The molecule has 1 saturated heterocycles. The number of aryl methyl sites for hydroxylation is 1. The highest BCUT2D eigenvalue weighted by molar-refractivity contribution is 6.31. The number of rotatable bonds is 5. The van der Waals surface area contributed by atoms with Crippen LogP contribution < -0.4 is 5.32 Å². The summed E-state index contributed by atoms with van der Waals surface area (Å²) < 4.78 is 5.42. The van der Waals surface area contributed by atoms with Crippen LogP contribution in [0.15, 0.2) is 36.7 Å². The Kier molecular flexibility index (Phi) is 6.28. The van der Waals surface area contributed by atoms with Crippen LogP contribution in [0.25, 0.3) is 0 Å². The number of hydrogen-bond donors (Lipinski definition) is 1. The zero-order chi connectivity index (χ0) is 18.4. The monoisotopic (exact) mass is 374 g/mol. The van der Waals surface area contributed by atoms with Gasteiger partial charge in [-0.25, -0.2) is 14.8 Å². The smallest absolute Gasteiger partial charge is 0.410 e. The average molecular weight is 375 g/mol. The average Bonchev–Trinajstić information content (AvgIpc) is 2.67. The zero-order valence-corrected chi connectivity index (χ0v) is 15.6. The first kappa shape index (κ1) is 18.5. The van der Waals surface area contributed by atoms with Gasteiger partial charge in [-0.2, -0.15) is 0 Å². The van der Waals surface area contributed by atoms with E-state index in [0.717, 1.165) is 24.9 Å². The van der Waals surface area contributed by atoms with Crippen LogP contribution in [0.2, 0.25) is 5.15 Å². The summed E-state index contributed by atoms with van der Waals surface area (Å²) in [6.07, 6.45) is 4.78. The van der Waals surface area contributed by atoms with Crippen molar-refractivity contribution >= 4 is 23.5 Å². The minimum absolute atomic E-state index is 0.242. The van der Waals surface area contributed by atoms with Crippen LogP contribution in [0.1, 0.15) is 24.0 Å². The Labute approximate surface area is 158 Å². The van der Waals surface area contributed by atoms with Crippen LogP contribution in [0, 0.1) is 12.8 Å². The van der Waals surface area contributed by atoms with Crippen LogP contribution in [0.4, 0.5) is 10.6 Å². The number of likely N-dealkylation sites (tertiary alicyclic amines) is 1. The molecular formula is C19H23ClN4O2. The number of carbonyl (C=O) groups excluding carboxylic acids is 1. The van der Waals surface area contributed by atoms with Crippen LogP contribution in [0.3, 0.4) is 0 Å². The number of anilines is 1. The van der Waals surface area contributed by atoms with E-state index in [9.17, 15) is 4.79 Å². The summed E-state index contributed by atoms with van der Waals surface area (Å²) in [6, 6.07) is 8.01. The number of hydrogen-bond acceptors (Lipinski definition) is 5. The molecule has 0 bridgehead atoms. The second-order valence-corrected chi connectivity index (χ2v) is 6.91. The zero-order valence-electron chi connectivity index (χ0n) is 14.8. The summed E-state index contributed by atoms with van der Waals surface area (Å²) in [6.45, 7) is 4.52. The molecule has 1 fully saturated rings. The maximum absolute atomic E-state index is 12.2. The number of halogens is 1. The minimum Gasteiger partial charge on any atom is -0.445 e. The Bertz CT molecular complexity index is 731. The molecule has 1 aromatic heterocycles. The van der Waals surface area contributed by atoms with Crippen molar-refractivity contribution in [3.05, 3.63) is 52.9 Å². The molecule has 0 atom stereocenters. The van der Waals surface area contributed by atoms with Gasteiger partial charge in [0.05, 0.1) is 0 Å². The van der Waals surface area contributed by atoms with Gasteiger partial charge in [0.25, 0.3) is 0 Å². The molecule has 0 unspecified atom stereocenters. The minimum atomic E-state index is -0.242. The molecule has 2 aromatic rings. The number of nitrogens with one attached hydrogen (secondary N) is 1. The normalized spacial score (nSPS) is 14.9. The van der Waals surface area contributed by atoms with E-state index in [2.05, 4.69) is 15.3 Å². The molecule has 138 valence electrons. The van der Waals surface area contributed by atoms with Gasteiger partial charge in [-0.3, -0.25) is 0 Å². The standard InChI is InChI=1S/C19H23ClN4O2/c1-14-2-4-16(5-3-14)13-26-19(25)24-10-6-15(7-11-24)12-23-18-17(20)21-8-9-22-18/h2-5,8-9,15H,6-7,10-13H2,1H3,(H,22,23). The first-order chi connectivity index (χ1) is 12.6. The Morgan fingerprint density at radius 1 is 1.23 bits per heavy atom. The first-order valence-corrected chi connectivity index (χ1v) is 9.17. The van der Waals surface area contributed by atoms with Crippen molar-refractivity contribution in [2.45, 2.75) is 26.4 Å². The van der Waals surface area contributed by atoms with E-state index in [1.165, 1.54) is 5.56 Å². The fraction of sp³-hybridized carbons (Fsp3) is 0.421. The molecular weight excluding hydrogens is 352 g/mol. The van der Waals surface area contributed by atoms with E-state index in [1.807, 2.05) is 31.2 Å². The van der Waals surface area contributed by atoms with Gasteiger partial charge in [0.1, 0.15) is 6.61 Å². The highest BCUT2D eigenvalue weighted by Crippen LogP contribution is 2.20. The molecule has 7 heteroatoms. The van der Waals surface area contributed by atoms with Gasteiger partial charge < -0.3 is 15.0 Å². The lowest BCUT2D eigenvalue weighted by molar-refractivity contribution is 0.0832. The second-order valence-electron chi connectivity index (χ2n) is 6.55. The lowest BCUT2D eigenvalue weighted by Gasteiger charge is -2.31. The molecule has 2 heterocycles. The van der Waals surface area contributed by atoms with Crippen LogP contribution in [0.5, 0.6) is 0 Å². The van der Waals surface area contributed by atoms with Crippen molar-refractivity contribution in [3.8, 4) is 0 Å². The summed E-state index contributed by atoms with van der Waals surface area (Å²) in [5.74, 6) is 1.07. The lowest BCUT2D eigenvalue weighted by Crippen LogP contribution is -2.40. The van der Waals surface area contributed by atoms with Crippen LogP contribution >= 0.6 is 11.6 Å². The van der Waals surface area contributed by atoms with Gasteiger partial charge in [0.2, 0.25) is 0 Å². The Morgan fingerprint density at radius 2 is 1.92 bits per heavy atom. The predicted molar refractivity (Wildman–Crippen MR) is 101 cm³/mol. The number of piperidine rings is 1. The Hall–Kier alpha value is -2.34. The highest BCUT2D eigenvalue weighted by Gasteiger charge is 2.24. The van der Waals surface area contributed by atoms with Crippen LogP contribution in [-0.2, 0) is 11.3 Å². The van der Waals surface area contributed by atoms with Crippen molar-refractivity contribution in [2.24, 2.45) is 5.92 Å². The van der Waals surface area contributed by atoms with Gasteiger partial charge in [-0.05, 0) is 31.2 Å². The highest BCUT2D eigenvalue weighted by atomic mass is 35.5. The van der Waals surface area contributed by atoms with Gasteiger partial charge in [-0.1, -0.05) is 41.4 Å². The summed E-state index contributed by atoms with van der Waals surface area (Å²) in [7, 11) is 0. The van der Waals surface area contributed by atoms with E-state index >= 15 is 0 Å². The van der Waals surface area contributed by atoms with E-state index in [-0.39, 0.29) is 6.09 Å². The van der Waals surface area contributed by atoms with Crippen molar-refractivity contribution in [1.29, 1.82) is 0 Å². The van der Waals surface area contributed by atoms with Crippen molar-refractivity contribution in [1.82, 2.24) is 14.9 Å². The molecule has 0 spiro atoms. The molecule has 1 aliphatic rings. The summed E-state index contributed by atoms with van der Waals surface area (Å²) in [4.78, 5) is 22.2. The van der Waals surface area contributed by atoms with E-state index in [4.69, 9.17) is 16.3 Å². The van der Waals surface area contributed by atoms with Crippen molar-refractivity contribution < 1.29 is 9.53 Å². The maximum Gasteiger partial charge on any atom is 0.410 e. The molecule has 1 aliphatic heterocycles. The van der Waals surface area contributed by atoms with Crippen molar-refractivity contribution in [2.75, 3.05) is 25.0 Å². The number of benzene rings is 1. The maximum atomic E-state index is 12.2. The number of aromatic nitrogens is 2. The van der Waals surface area contributed by atoms with Gasteiger partial charge in [-0.15, -0.1) is 0 Å². The Morgan fingerprint density at radius 3 is 2.62 bits per heavy atom. The third kappa shape index (κ3) is 5.08. The van der Waals surface area contributed by atoms with Crippen LogP contribution in [-0.4, -0.2) is 40.6 Å². The molecule has 0 saturated carbocycles. The molecule has 3 rings (SSSR count). The largest absolute Gasteiger partial charge is 0.445 e. The van der Waals surface area contributed by atoms with Crippen molar-refractivity contribution in [3.63, 3.8) is 0 Å². The van der Waals surface area contributed by atoms with Gasteiger partial charge in [0, 0.05) is 32.0 Å². The third-order valence-corrected chi connectivity index (χ3v) is 4.84. The second kappa shape index (κ2) is 8.85. The Balaban J connectivity index is 1.39.